The third-order valence-electron chi connectivity index (χ3n) is 3.63. The van der Waals surface area contributed by atoms with Crippen LogP contribution in [-0.4, -0.2) is 21.9 Å². The quantitative estimate of drug-likeness (QED) is 0.693. The maximum absolute atomic E-state index is 12.2. The first-order valence-electron chi connectivity index (χ1n) is 7.52. The van der Waals surface area contributed by atoms with E-state index in [1.165, 1.54) is 11.8 Å². The van der Waals surface area contributed by atoms with Crippen LogP contribution in [0.25, 0.3) is 10.8 Å². The van der Waals surface area contributed by atoms with E-state index in [-0.39, 0.29) is 17.7 Å². The fraction of sp³-hybridized carbons (Fsp3) is 0.167. The van der Waals surface area contributed by atoms with Gasteiger partial charge in [-0.15, -0.1) is 5.10 Å². The summed E-state index contributed by atoms with van der Waals surface area (Å²) in [5.41, 5.74) is 0.905. The summed E-state index contributed by atoms with van der Waals surface area (Å²) in [5.74, 6) is 0.208. The topological polar surface area (TPSA) is 54.9 Å². The number of carbonyl (C=O) groups is 1. The number of benzene rings is 2. The molecule has 3 rings (SSSR count). The molecule has 1 unspecified atom stereocenters. The monoisotopic (exact) mass is 357 g/mol. The minimum atomic E-state index is -0.148. The highest BCUT2D eigenvalue weighted by molar-refractivity contribution is 8.00. The van der Waals surface area contributed by atoms with E-state index in [0.717, 1.165) is 21.4 Å². The van der Waals surface area contributed by atoms with Gasteiger partial charge < -0.3 is 5.32 Å². The minimum Gasteiger partial charge on any atom is -0.349 e. The Bertz CT molecular complexity index is 866. The summed E-state index contributed by atoms with van der Waals surface area (Å²) in [6, 6.07) is 15.2. The van der Waals surface area contributed by atoms with Crippen LogP contribution < -0.4 is 5.32 Å². The van der Waals surface area contributed by atoms with E-state index in [1.54, 1.807) is 6.20 Å². The fourth-order valence-electron chi connectivity index (χ4n) is 2.43. The highest BCUT2D eigenvalue weighted by Gasteiger charge is 2.13. The summed E-state index contributed by atoms with van der Waals surface area (Å²) in [7, 11) is 0. The molecule has 0 aliphatic heterocycles. The van der Waals surface area contributed by atoms with Crippen molar-refractivity contribution in [2.75, 3.05) is 5.75 Å². The number of thioether (sulfide) groups is 1. The predicted molar refractivity (Wildman–Crippen MR) is 98.3 cm³/mol. The van der Waals surface area contributed by atoms with Gasteiger partial charge >= 0.3 is 0 Å². The number of fused-ring (bicyclic) bond motifs is 1. The molecule has 1 amide bonds. The lowest BCUT2D eigenvalue weighted by atomic mass is 10.1. The number of amides is 1. The Hall–Kier alpha value is -2.11. The van der Waals surface area contributed by atoms with Gasteiger partial charge in [-0.2, -0.15) is 5.10 Å². The normalized spacial score (nSPS) is 12.1. The number of rotatable bonds is 5. The largest absolute Gasteiger partial charge is 0.349 e. The van der Waals surface area contributed by atoms with E-state index in [1.807, 2.05) is 55.5 Å². The molecule has 0 bridgehead atoms. The first kappa shape index (κ1) is 16.7. The summed E-state index contributed by atoms with van der Waals surface area (Å²) < 4.78 is 0. The molecule has 4 nitrogen and oxygen atoms in total. The first-order chi connectivity index (χ1) is 11.6. The molecule has 1 atom stereocenters. The highest BCUT2D eigenvalue weighted by Crippen LogP contribution is 2.25. The lowest BCUT2D eigenvalue weighted by Crippen LogP contribution is -2.28. The summed E-state index contributed by atoms with van der Waals surface area (Å²) in [6.07, 6.45) is 1.72. The summed E-state index contributed by atoms with van der Waals surface area (Å²) in [6.45, 7) is 1.92. The number of halogens is 1. The highest BCUT2D eigenvalue weighted by atomic mass is 35.5. The zero-order valence-electron chi connectivity index (χ0n) is 13.1. The smallest absolute Gasteiger partial charge is 0.230 e. The van der Waals surface area contributed by atoms with Gasteiger partial charge in [-0.05, 0) is 18.6 Å². The molecule has 0 spiro atoms. The van der Waals surface area contributed by atoms with Crippen molar-refractivity contribution in [3.8, 4) is 0 Å². The summed E-state index contributed by atoms with van der Waals surface area (Å²) in [5, 5.41) is 14.5. The Kier molecular flexibility index (Phi) is 5.33. The Labute approximate surface area is 149 Å². The van der Waals surface area contributed by atoms with Crippen LogP contribution in [0.5, 0.6) is 0 Å². The Morgan fingerprint density at radius 3 is 2.79 bits per heavy atom. The third kappa shape index (κ3) is 3.86. The zero-order valence-corrected chi connectivity index (χ0v) is 14.6. The van der Waals surface area contributed by atoms with Gasteiger partial charge in [0, 0.05) is 15.8 Å². The van der Waals surface area contributed by atoms with Crippen LogP contribution in [0, 0.1) is 0 Å². The molecule has 2 aromatic carbocycles. The van der Waals surface area contributed by atoms with Crippen LogP contribution in [0.15, 0.2) is 59.8 Å². The molecule has 0 aliphatic rings. The van der Waals surface area contributed by atoms with E-state index in [0.29, 0.717) is 5.02 Å². The number of aromatic nitrogens is 2. The van der Waals surface area contributed by atoms with Gasteiger partial charge in [0.15, 0.2) is 0 Å². The van der Waals surface area contributed by atoms with Crippen molar-refractivity contribution in [3.63, 3.8) is 0 Å². The average molecular weight is 358 g/mol. The van der Waals surface area contributed by atoms with Gasteiger partial charge in [-0.1, -0.05) is 65.8 Å². The molecular weight excluding hydrogens is 342 g/mol. The maximum Gasteiger partial charge on any atom is 0.230 e. The zero-order chi connectivity index (χ0) is 16.9. The second kappa shape index (κ2) is 7.64. The molecule has 24 heavy (non-hydrogen) atoms. The number of nitrogens with one attached hydrogen (secondary N) is 1. The molecule has 0 saturated heterocycles. The van der Waals surface area contributed by atoms with Crippen molar-refractivity contribution in [2.24, 2.45) is 0 Å². The number of nitrogens with zero attached hydrogens (tertiary/aromatic N) is 2. The Morgan fingerprint density at radius 1 is 1.21 bits per heavy atom. The van der Waals surface area contributed by atoms with E-state index in [2.05, 4.69) is 15.5 Å². The van der Waals surface area contributed by atoms with Crippen LogP contribution in [0.4, 0.5) is 0 Å². The van der Waals surface area contributed by atoms with E-state index in [4.69, 9.17) is 11.6 Å². The lowest BCUT2D eigenvalue weighted by molar-refractivity contribution is -0.119. The van der Waals surface area contributed by atoms with Crippen molar-refractivity contribution >= 4 is 40.0 Å². The van der Waals surface area contributed by atoms with Gasteiger partial charge in [0.1, 0.15) is 5.03 Å². The van der Waals surface area contributed by atoms with Crippen LogP contribution in [-0.2, 0) is 4.79 Å². The van der Waals surface area contributed by atoms with E-state index < -0.39 is 0 Å². The number of carbonyl (C=O) groups excluding carboxylic acids is 1. The molecular formula is C18H16ClN3OS. The molecule has 0 radical (unpaired) electrons. The van der Waals surface area contributed by atoms with Crippen LogP contribution in [0.1, 0.15) is 18.5 Å². The van der Waals surface area contributed by atoms with Crippen molar-refractivity contribution < 1.29 is 4.79 Å². The van der Waals surface area contributed by atoms with Crippen LogP contribution in [0.3, 0.4) is 0 Å². The van der Waals surface area contributed by atoms with Crippen LogP contribution in [0.2, 0.25) is 5.02 Å². The van der Waals surface area contributed by atoms with Crippen molar-refractivity contribution in [1.82, 2.24) is 15.5 Å². The Morgan fingerprint density at radius 2 is 1.96 bits per heavy atom. The molecule has 0 aliphatic carbocycles. The predicted octanol–water partition coefficient (Wildman–Crippen LogP) is 4.25. The standard InChI is InChI=1S/C18H16ClN3OS/c1-12(14-7-4-5-9-16(14)19)21-17(23)11-24-18-15-8-3-2-6-13(15)10-20-22-18/h2-10,12H,11H2,1H3,(H,21,23). The molecule has 1 heterocycles. The molecule has 122 valence electrons. The van der Waals surface area contributed by atoms with Gasteiger partial charge in [0.2, 0.25) is 5.91 Å². The minimum absolute atomic E-state index is 0.0675. The summed E-state index contributed by atoms with van der Waals surface area (Å²) >= 11 is 7.55. The first-order valence-corrected chi connectivity index (χ1v) is 8.88. The van der Waals surface area contributed by atoms with Crippen molar-refractivity contribution in [1.29, 1.82) is 0 Å². The Balaban J connectivity index is 1.64. The third-order valence-corrected chi connectivity index (χ3v) is 4.95. The second-order valence-electron chi connectivity index (χ2n) is 5.34. The lowest BCUT2D eigenvalue weighted by Gasteiger charge is -2.15. The van der Waals surface area contributed by atoms with Crippen LogP contribution >= 0.6 is 23.4 Å². The molecule has 1 aromatic heterocycles. The van der Waals surface area contributed by atoms with Crippen molar-refractivity contribution in [3.05, 3.63) is 65.3 Å². The van der Waals surface area contributed by atoms with E-state index in [9.17, 15) is 4.79 Å². The SMILES string of the molecule is CC(NC(=O)CSc1nncc2ccccc12)c1ccccc1Cl. The molecule has 1 N–H and O–H groups in total. The molecule has 0 saturated carbocycles. The second-order valence-corrected chi connectivity index (χ2v) is 6.71. The number of hydrogen-bond acceptors (Lipinski definition) is 4. The number of hydrogen-bond donors (Lipinski definition) is 1. The van der Waals surface area contributed by atoms with Gasteiger partial charge in [0.05, 0.1) is 18.0 Å². The molecule has 3 aromatic rings. The summed E-state index contributed by atoms with van der Waals surface area (Å²) in [4.78, 5) is 12.2. The average Bonchev–Trinajstić information content (AvgIpc) is 2.60. The van der Waals surface area contributed by atoms with Gasteiger partial charge in [-0.3, -0.25) is 4.79 Å². The van der Waals surface area contributed by atoms with Crippen molar-refractivity contribution in [2.45, 2.75) is 18.0 Å². The van der Waals surface area contributed by atoms with E-state index >= 15 is 0 Å². The van der Waals surface area contributed by atoms with Gasteiger partial charge in [0.25, 0.3) is 0 Å². The fourth-order valence-corrected chi connectivity index (χ4v) is 3.53. The maximum atomic E-state index is 12.2. The molecule has 6 heteroatoms. The van der Waals surface area contributed by atoms with Gasteiger partial charge in [-0.25, -0.2) is 0 Å². The molecule has 0 fully saturated rings.